The van der Waals surface area contributed by atoms with Crippen LogP contribution >= 0.6 is 27.5 Å². The van der Waals surface area contributed by atoms with Gasteiger partial charge in [0.05, 0.1) is 23.7 Å². The van der Waals surface area contributed by atoms with Gasteiger partial charge in [-0.05, 0) is 28.1 Å². The third-order valence-electron chi connectivity index (χ3n) is 3.24. The van der Waals surface area contributed by atoms with Gasteiger partial charge in [0, 0.05) is 25.2 Å². The molecule has 21 heavy (non-hydrogen) atoms. The second-order valence-electron chi connectivity index (χ2n) is 4.58. The van der Waals surface area contributed by atoms with Crippen molar-refractivity contribution in [3.05, 3.63) is 21.6 Å². The molecule has 2 N–H and O–H groups in total. The van der Waals surface area contributed by atoms with E-state index >= 15 is 0 Å². The molecule has 0 saturated carbocycles. The minimum absolute atomic E-state index is 0.00821. The summed E-state index contributed by atoms with van der Waals surface area (Å²) in [4.78, 5) is -0.00821. The van der Waals surface area contributed by atoms with Crippen LogP contribution in [0.2, 0.25) is 5.02 Å². The molecule has 0 radical (unpaired) electrons. The Bertz CT molecular complexity index is 626. The number of nitrogens with one attached hydrogen (secondary N) is 2. The van der Waals surface area contributed by atoms with Crippen molar-refractivity contribution < 1.29 is 17.9 Å². The van der Waals surface area contributed by atoms with Crippen molar-refractivity contribution in [3.63, 3.8) is 0 Å². The highest BCUT2D eigenvalue weighted by Crippen LogP contribution is 2.35. The highest BCUT2D eigenvalue weighted by atomic mass is 79.9. The number of ether oxygens (including phenoxy) is 2. The summed E-state index contributed by atoms with van der Waals surface area (Å²) >= 11 is 9.19. The zero-order chi connectivity index (χ0) is 15.6. The van der Waals surface area contributed by atoms with E-state index in [2.05, 4.69) is 26.0 Å². The highest BCUT2D eigenvalue weighted by Gasteiger charge is 2.33. The van der Waals surface area contributed by atoms with Gasteiger partial charge >= 0.3 is 0 Å². The Hall–Kier alpha value is -0.380. The van der Waals surface area contributed by atoms with Gasteiger partial charge in [0.1, 0.15) is 4.90 Å². The Morgan fingerprint density at radius 2 is 2.10 bits per heavy atom. The fourth-order valence-electron chi connectivity index (χ4n) is 2.22. The third kappa shape index (κ3) is 3.69. The van der Waals surface area contributed by atoms with E-state index in [-0.39, 0.29) is 22.8 Å². The van der Waals surface area contributed by atoms with E-state index in [9.17, 15) is 8.42 Å². The molecule has 1 unspecified atom stereocenters. The fourth-order valence-corrected chi connectivity index (χ4v) is 4.87. The normalized spacial score (nSPS) is 22.5. The number of hydrogen-bond acceptors (Lipinski definition) is 5. The van der Waals surface area contributed by atoms with Gasteiger partial charge in [-0.1, -0.05) is 11.6 Å². The first-order valence-corrected chi connectivity index (χ1v) is 8.83. The number of rotatable bonds is 5. The van der Waals surface area contributed by atoms with Crippen LogP contribution in [-0.4, -0.2) is 47.9 Å². The van der Waals surface area contributed by atoms with Crippen LogP contribution in [0.3, 0.4) is 0 Å². The number of sulfonamides is 1. The van der Waals surface area contributed by atoms with Crippen LogP contribution in [0.5, 0.6) is 5.75 Å². The summed E-state index contributed by atoms with van der Waals surface area (Å²) in [6.07, 6.45) is -0.214. The molecule has 0 aliphatic carbocycles. The van der Waals surface area contributed by atoms with Crippen LogP contribution < -0.4 is 14.8 Å². The van der Waals surface area contributed by atoms with E-state index in [0.717, 1.165) is 0 Å². The maximum atomic E-state index is 12.6. The molecule has 2 atom stereocenters. The molecule has 1 saturated heterocycles. The summed E-state index contributed by atoms with van der Waals surface area (Å²) in [5.74, 6) is 0.215. The van der Waals surface area contributed by atoms with Crippen molar-refractivity contribution in [3.8, 4) is 5.75 Å². The Labute approximate surface area is 137 Å². The van der Waals surface area contributed by atoms with Crippen LogP contribution in [0.4, 0.5) is 0 Å². The highest BCUT2D eigenvalue weighted by molar-refractivity contribution is 9.10. The second kappa shape index (κ2) is 6.80. The molecule has 1 fully saturated rings. The first kappa shape index (κ1) is 17.0. The summed E-state index contributed by atoms with van der Waals surface area (Å²) in [6, 6.07) is 2.59. The Balaban J connectivity index is 2.36. The van der Waals surface area contributed by atoms with E-state index < -0.39 is 10.0 Å². The monoisotopic (exact) mass is 398 g/mol. The molecule has 0 bridgehead atoms. The number of benzene rings is 1. The Morgan fingerprint density at radius 1 is 1.38 bits per heavy atom. The van der Waals surface area contributed by atoms with E-state index in [0.29, 0.717) is 22.6 Å². The lowest BCUT2D eigenvalue weighted by atomic mass is 10.2. The first-order valence-electron chi connectivity index (χ1n) is 6.18. The van der Waals surface area contributed by atoms with Gasteiger partial charge in [-0.3, -0.25) is 0 Å². The summed E-state index contributed by atoms with van der Waals surface area (Å²) in [5.41, 5.74) is 0. The van der Waals surface area contributed by atoms with Gasteiger partial charge in [-0.25, -0.2) is 13.1 Å². The zero-order valence-electron chi connectivity index (χ0n) is 11.5. The van der Waals surface area contributed by atoms with Crippen molar-refractivity contribution in [2.45, 2.75) is 17.0 Å². The predicted octanol–water partition coefficient (Wildman–Crippen LogP) is 1.38. The molecule has 1 aliphatic heterocycles. The van der Waals surface area contributed by atoms with Gasteiger partial charge < -0.3 is 14.8 Å². The van der Waals surface area contributed by atoms with E-state index in [1.807, 2.05) is 0 Å². The molecule has 1 aliphatic rings. The molecule has 0 aromatic heterocycles. The molecule has 0 amide bonds. The van der Waals surface area contributed by atoms with Crippen molar-refractivity contribution in [1.29, 1.82) is 0 Å². The largest absolute Gasteiger partial charge is 0.494 e. The minimum atomic E-state index is -3.78. The predicted molar refractivity (Wildman–Crippen MR) is 83.5 cm³/mol. The smallest absolute Gasteiger partial charge is 0.244 e. The molecule has 0 spiro atoms. The molecular formula is C12H16BrClN2O4S. The van der Waals surface area contributed by atoms with E-state index in [4.69, 9.17) is 21.1 Å². The Morgan fingerprint density at radius 3 is 2.71 bits per heavy atom. The number of halogens is 2. The lowest BCUT2D eigenvalue weighted by Gasteiger charge is -2.20. The van der Waals surface area contributed by atoms with Crippen molar-refractivity contribution in [2.75, 3.05) is 27.3 Å². The first-order chi connectivity index (χ1) is 9.89. The van der Waals surface area contributed by atoms with Crippen molar-refractivity contribution in [2.24, 2.45) is 0 Å². The molecule has 6 nitrogen and oxygen atoms in total. The third-order valence-corrected chi connectivity index (χ3v) is 5.54. The van der Waals surface area contributed by atoms with Crippen molar-refractivity contribution in [1.82, 2.24) is 10.0 Å². The van der Waals surface area contributed by atoms with Gasteiger partial charge in [0.25, 0.3) is 0 Å². The molecule has 9 heteroatoms. The zero-order valence-corrected chi connectivity index (χ0v) is 14.7. The van der Waals surface area contributed by atoms with E-state index in [1.165, 1.54) is 13.2 Å². The molecular weight excluding hydrogens is 384 g/mol. The fraction of sp³-hybridized carbons (Fsp3) is 0.500. The minimum Gasteiger partial charge on any atom is -0.494 e. The molecule has 2 rings (SSSR count). The van der Waals surface area contributed by atoms with Crippen molar-refractivity contribution >= 4 is 37.6 Å². The Kier molecular flexibility index (Phi) is 5.50. The van der Waals surface area contributed by atoms with Crippen LogP contribution in [-0.2, 0) is 14.8 Å². The summed E-state index contributed by atoms with van der Waals surface area (Å²) in [7, 11) is -0.828. The van der Waals surface area contributed by atoms with Gasteiger partial charge in [0.2, 0.25) is 10.0 Å². The van der Waals surface area contributed by atoms with Gasteiger partial charge in [-0.15, -0.1) is 0 Å². The number of hydrogen-bond donors (Lipinski definition) is 2. The maximum Gasteiger partial charge on any atom is 0.244 e. The van der Waals surface area contributed by atoms with Gasteiger partial charge in [0.15, 0.2) is 5.75 Å². The summed E-state index contributed by atoms with van der Waals surface area (Å²) in [6.45, 7) is 1.10. The number of methoxy groups -OCH3 is 2. The quantitative estimate of drug-likeness (QED) is 0.782. The topological polar surface area (TPSA) is 76.7 Å². The van der Waals surface area contributed by atoms with Gasteiger partial charge in [-0.2, -0.15) is 0 Å². The summed E-state index contributed by atoms with van der Waals surface area (Å²) < 4.78 is 38.7. The van der Waals surface area contributed by atoms with E-state index in [1.54, 1.807) is 13.2 Å². The average Bonchev–Trinajstić information content (AvgIpc) is 2.84. The SMILES string of the molecule is COc1c(Br)cc(Cl)cc1S(=O)(=O)NC1CNC[C@@H]1OC. The van der Waals surface area contributed by atoms with Crippen LogP contribution in [0.25, 0.3) is 0 Å². The molecule has 118 valence electrons. The lowest BCUT2D eigenvalue weighted by molar-refractivity contribution is 0.103. The molecule has 1 heterocycles. The van der Waals surface area contributed by atoms with Crippen LogP contribution in [0, 0.1) is 0 Å². The lowest BCUT2D eigenvalue weighted by Crippen LogP contribution is -2.43. The van der Waals surface area contributed by atoms with Crippen LogP contribution in [0.1, 0.15) is 0 Å². The average molecular weight is 400 g/mol. The molecule has 1 aromatic carbocycles. The second-order valence-corrected chi connectivity index (χ2v) is 7.55. The maximum absolute atomic E-state index is 12.6. The molecule has 1 aromatic rings. The van der Waals surface area contributed by atoms with Crippen LogP contribution in [0.15, 0.2) is 21.5 Å². The standard InChI is InChI=1S/C12H16BrClN2O4S/c1-19-10-6-15-5-9(10)16-21(17,18)11-4-7(14)3-8(13)12(11)20-2/h3-4,9-10,15-16H,5-6H2,1-2H3/t9?,10-/m0/s1. The summed E-state index contributed by atoms with van der Waals surface area (Å²) in [5, 5.41) is 3.38.